The Labute approximate surface area is 112 Å². The number of nitrogens with one attached hydrogen (secondary N) is 2. The topological polar surface area (TPSA) is 54.0 Å². The molecule has 96 valence electrons. The van der Waals surface area contributed by atoms with E-state index in [1.54, 1.807) is 18.3 Å². The average molecular weight is 253 g/mol. The molecular weight excluding hydrogens is 238 g/mol. The summed E-state index contributed by atoms with van der Waals surface area (Å²) in [5.74, 6) is -0.221. The van der Waals surface area contributed by atoms with Crippen LogP contribution in [-0.4, -0.2) is 17.4 Å². The number of anilines is 2. The van der Waals surface area contributed by atoms with Gasteiger partial charge < -0.3 is 10.6 Å². The summed E-state index contributed by atoms with van der Waals surface area (Å²) in [6.07, 6.45) is 3.39. The van der Waals surface area contributed by atoms with Crippen molar-refractivity contribution >= 4 is 17.3 Å². The van der Waals surface area contributed by atoms with Gasteiger partial charge in [0.25, 0.3) is 5.91 Å². The number of rotatable bonds is 5. The number of amides is 1. The first-order valence-corrected chi connectivity index (χ1v) is 5.97. The summed E-state index contributed by atoms with van der Waals surface area (Å²) in [4.78, 5) is 16.0. The minimum atomic E-state index is -0.221. The van der Waals surface area contributed by atoms with E-state index in [0.29, 0.717) is 12.2 Å². The van der Waals surface area contributed by atoms with Gasteiger partial charge in [-0.3, -0.25) is 4.79 Å². The molecule has 0 unspecified atom stereocenters. The maximum Gasteiger partial charge on any atom is 0.274 e. The fourth-order valence-electron chi connectivity index (χ4n) is 1.54. The summed E-state index contributed by atoms with van der Waals surface area (Å²) >= 11 is 0. The third-order valence-corrected chi connectivity index (χ3v) is 2.48. The molecule has 1 amide bonds. The van der Waals surface area contributed by atoms with Gasteiger partial charge in [0.2, 0.25) is 0 Å². The van der Waals surface area contributed by atoms with E-state index in [1.165, 1.54) is 0 Å². The minimum absolute atomic E-state index is 0.221. The third kappa shape index (κ3) is 3.67. The van der Waals surface area contributed by atoms with Gasteiger partial charge in [0, 0.05) is 12.2 Å². The second kappa shape index (κ2) is 6.35. The molecule has 4 heteroatoms. The van der Waals surface area contributed by atoms with Crippen molar-refractivity contribution in [3.63, 3.8) is 0 Å². The highest BCUT2D eigenvalue weighted by molar-refractivity contribution is 6.02. The Morgan fingerprint density at radius 1 is 1.16 bits per heavy atom. The summed E-state index contributed by atoms with van der Waals surface area (Å²) in [6.45, 7) is 4.29. The van der Waals surface area contributed by atoms with Gasteiger partial charge in [-0.2, -0.15) is 0 Å². The van der Waals surface area contributed by atoms with Crippen molar-refractivity contribution < 1.29 is 4.79 Å². The van der Waals surface area contributed by atoms with Crippen molar-refractivity contribution in [3.8, 4) is 0 Å². The summed E-state index contributed by atoms with van der Waals surface area (Å²) in [7, 11) is 0. The van der Waals surface area contributed by atoms with Crippen molar-refractivity contribution in [1.29, 1.82) is 0 Å². The van der Waals surface area contributed by atoms with Crippen LogP contribution in [0.4, 0.5) is 11.4 Å². The predicted octanol–water partition coefficient (Wildman–Crippen LogP) is 2.93. The Morgan fingerprint density at radius 3 is 2.58 bits per heavy atom. The lowest BCUT2D eigenvalue weighted by molar-refractivity contribution is 0.102. The first-order valence-electron chi connectivity index (χ1n) is 5.97. The number of aromatic nitrogens is 1. The monoisotopic (exact) mass is 253 g/mol. The van der Waals surface area contributed by atoms with Crippen molar-refractivity contribution in [2.75, 3.05) is 17.2 Å². The van der Waals surface area contributed by atoms with Crippen LogP contribution < -0.4 is 10.6 Å². The van der Waals surface area contributed by atoms with Gasteiger partial charge in [-0.15, -0.1) is 6.58 Å². The maximum absolute atomic E-state index is 11.9. The molecule has 0 fully saturated rings. The molecule has 0 atom stereocenters. The summed E-state index contributed by atoms with van der Waals surface area (Å²) in [5.41, 5.74) is 1.99. The SMILES string of the molecule is C=CCNc1ccc(C(=O)Nc2ccccc2)nc1. The Morgan fingerprint density at radius 2 is 1.95 bits per heavy atom. The first kappa shape index (κ1) is 12.8. The molecule has 2 N–H and O–H groups in total. The van der Waals surface area contributed by atoms with Crippen LogP contribution in [0.25, 0.3) is 0 Å². The standard InChI is InChI=1S/C15H15N3O/c1-2-10-16-13-8-9-14(17-11-13)15(19)18-12-6-4-3-5-7-12/h2-9,11,16H,1,10H2,(H,18,19). The Balaban J connectivity index is 2.01. The lowest BCUT2D eigenvalue weighted by atomic mass is 10.3. The summed E-state index contributed by atoms with van der Waals surface area (Å²) in [5, 5.41) is 5.88. The molecule has 0 aliphatic rings. The number of para-hydroxylation sites is 1. The first-order chi connectivity index (χ1) is 9.29. The molecule has 0 radical (unpaired) electrons. The molecule has 19 heavy (non-hydrogen) atoms. The molecule has 1 aromatic carbocycles. The van der Waals surface area contributed by atoms with Crippen LogP contribution in [0, 0.1) is 0 Å². The molecule has 2 rings (SSSR count). The van der Waals surface area contributed by atoms with Crippen LogP contribution in [0.1, 0.15) is 10.5 Å². The number of nitrogens with zero attached hydrogens (tertiary/aromatic N) is 1. The molecule has 0 spiro atoms. The van der Waals surface area contributed by atoms with E-state index in [1.807, 2.05) is 36.4 Å². The smallest absolute Gasteiger partial charge is 0.274 e. The van der Waals surface area contributed by atoms with E-state index in [2.05, 4.69) is 22.2 Å². The highest BCUT2D eigenvalue weighted by Crippen LogP contribution is 2.09. The quantitative estimate of drug-likeness (QED) is 0.805. The zero-order valence-corrected chi connectivity index (χ0v) is 10.5. The number of pyridine rings is 1. The van der Waals surface area contributed by atoms with Crippen molar-refractivity contribution in [2.24, 2.45) is 0 Å². The zero-order valence-electron chi connectivity index (χ0n) is 10.5. The van der Waals surface area contributed by atoms with Gasteiger partial charge in [0.1, 0.15) is 5.69 Å². The molecule has 0 saturated heterocycles. The van der Waals surface area contributed by atoms with Gasteiger partial charge in [0.15, 0.2) is 0 Å². The molecular formula is C15H15N3O. The van der Waals surface area contributed by atoms with Crippen LogP contribution in [0.3, 0.4) is 0 Å². The molecule has 4 nitrogen and oxygen atoms in total. The lowest BCUT2D eigenvalue weighted by Crippen LogP contribution is -2.13. The lowest BCUT2D eigenvalue weighted by Gasteiger charge is -2.06. The summed E-state index contributed by atoms with van der Waals surface area (Å²) in [6, 6.07) is 12.8. The van der Waals surface area contributed by atoms with E-state index in [0.717, 1.165) is 11.4 Å². The van der Waals surface area contributed by atoms with Crippen molar-refractivity contribution in [2.45, 2.75) is 0 Å². The highest BCUT2D eigenvalue weighted by Gasteiger charge is 2.06. The molecule has 0 aliphatic heterocycles. The maximum atomic E-state index is 11.9. The van der Waals surface area contributed by atoms with E-state index in [9.17, 15) is 4.79 Å². The second-order valence-corrected chi connectivity index (χ2v) is 3.92. The van der Waals surface area contributed by atoms with Crippen LogP contribution in [0.5, 0.6) is 0 Å². The van der Waals surface area contributed by atoms with Gasteiger partial charge in [-0.1, -0.05) is 24.3 Å². The zero-order chi connectivity index (χ0) is 13.5. The number of carbonyl (C=O) groups is 1. The van der Waals surface area contributed by atoms with Gasteiger partial charge >= 0.3 is 0 Å². The highest BCUT2D eigenvalue weighted by atomic mass is 16.1. The molecule has 0 bridgehead atoms. The van der Waals surface area contributed by atoms with Gasteiger partial charge in [-0.25, -0.2) is 4.98 Å². The second-order valence-electron chi connectivity index (χ2n) is 3.92. The normalized spacial score (nSPS) is 9.68. The third-order valence-electron chi connectivity index (χ3n) is 2.48. The number of hydrogen-bond donors (Lipinski definition) is 2. The molecule has 1 heterocycles. The predicted molar refractivity (Wildman–Crippen MR) is 77.3 cm³/mol. The Bertz CT molecular complexity index is 549. The van der Waals surface area contributed by atoms with Crippen LogP contribution >= 0.6 is 0 Å². The number of hydrogen-bond acceptors (Lipinski definition) is 3. The molecule has 0 saturated carbocycles. The van der Waals surface area contributed by atoms with Crippen LogP contribution in [0.2, 0.25) is 0 Å². The molecule has 0 aliphatic carbocycles. The van der Waals surface area contributed by atoms with E-state index >= 15 is 0 Å². The molecule has 2 aromatic rings. The molecule has 1 aromatic heterocycles. The largest absolute Gasteiger partial charge is 0.380 e. The summed E-state index contributed by atoms with van der Waals surface area (Å²) < 4.78 is 0. The Hall–Kier alpha value is -2.62. The fraction of sp³-hybridized carbons (Fsp3) is 0.0667. The van der Waals surface area contributed by atoms with Gasteiger partial charge in [-0.05, 0) is 24.3 Å². The van der Waals surface area contributed by atoms with E-state index < -0.39 is 0 Å². The van der Waals surface area contributed by atoms with Crippen LogP contribution in [-0.2, 0) is 0 Å². The van der Waals surface area contributed by atoms with Crippen molar-refractivity contribution in [1.82, 2.24) is 4.98 Å². The Kier molecular flexibility index (Phi) is 4.29. The minimum Gasteiger partial charge on any atom is -0.380 e. The van der Waals surface area contributed by atoms with Crippen LogP contribution in [0.15, 0.2) is 61.3 Å². The number of benzene rings is 1. The van der Waals surface area contributed by atoms with E-state index in [4.69, 9.17) is 0 Å². The fourth-order valence-corrected chi connectivity index (χ4v) is 1.54. The average Bonchev–Trinajstić information content (AvgIpc) is 2.46. The van der Waals surface area contributed by atoms with E-state index in [-0.39, 0.29) is 5.91 Å². The number of carbonyl (C=O) groups excluding carboxylic acids is 1. The van der Waals surface area contributed by atoms with Gasteiger partial charge in [0.05, 0.1) is 11.9 Å². The van der Waals surface area contributed by atoms with Crippen molar-refractivity contribution in [3.05, 3.63) is 67.0 Å².